The number of hydrogen-bond acceptors (Lipinski definition) is 2. The second-order valence-corrected chi connectivity index (χ2v) is 3.47. The molecule has 0 spiro atoms. The predicted molar refractivity (Wildman–Crippen MR) is 51.5 cm³/mol. The highest BCUT2D eigenvalue weighted by atomic mass is 16.1. The zero-order valence-electron chi connectivity index (χ0n) is 8.21. The van der Waals surface area contributed by atoms with Gasteiger partial charge in [-0.3, -0.25) is 0 Å². The molecule has 0 aliphatic carbocycles. The van der Waals surface area contributed by atoms with Gasteiger partial charge in [0.05, 0.1) is 0 Å². The number of carbonyl (C=O) groups is 1. The number of hydrogen-bond donors (Lipinski definition) is 1. The van der Waals surface area contributed by atoms with Gasteiger partial charge in [-0.1, -0.05) is 6.92 Å². The van der Waals surface area contributed by atoms with Crippen LogP contribution in [0.15, 0.2) is 12.4 Å². The van der Waals surface area contributed by atoms with E-state index in [0.29, 0.717) is 12.3 Å². The molecule has 0 aliphatic rings. The zero-order chi connectivity index (χ0) is 9.68. The third-order valence-corrected chi connectivity index (χ3v) is 2.15. The summed E-state index contributed by atoms with van der Waals surface area (Å²) in [6.07, 6.45) is 6.25. The topological polar surface area (TPSA) is 45.8 Å². The van der Waals surface area contributed by atoms with Crippen LogP contribution in [0.3, 0.4) is 0 Å². The van der Waals surface area contributed by atoms with Gasteiger partial charge in [-0.15, -0.1) is 0 Å². The summed E-state index contributed by atoms with van der Waals surface area (Å²) in [5.41, 5.74) is 0. The molecule has 0 aromatic carbocycles. The minimum Gasteiger partial charge on any atom is -0.348 e. The molecular formula is C10H16N2O. The Balaban J connectivity index is 2.26. The fraction of sp³-hybridized carbons (Fsp3) is 0.600. The van der Waals surface area contributed by atoms with Gasteiger partial charge < -0.3 is 9.78 Å². The smallest absolute Gasteiger partial charge is 0.129 e. The van der Waals surface area contributed by atoms with E-state index >= 15 is 0 Å². The van der Waals surface area contributed by atoms with E-state index in [2.05, 4.69) is 16.9 Å². The number of nitrogens with one attached hydrogen (secondary N) is 1. The molecule has 0 aliphatic heterocycles. The van der Waals surface area contributed by atoms with Gasteiger partial charge >= 0.3 is 0 Å². The quantitative estimate of drug-likeness (QED) is 0.755. The average molecular weight is 180 g/mol. The Bertz CT molecular complexity index is 254. The number of aromatic amines is 1. The summed E-state index contributed by atoms with van der Waals surface area (Å²) in [6.45, 7) is 3.76. The molecule has 0 radical (unpaired) electrons. The van der Waals surface area contributed by atoms with Crippen molar-refractivity contribution in [1.82, 2.24) is 9.97 Å². The summed E-state index contributed by atoms with van der Waals surface area (Å²) in [4.78, 5) is 17.9. The van der Waals surface area contributed by atoms with Crippen LogP contribution in [0, 0.1) is 0 Å². The van der Waals surface area contributed by atoms with Gasteiger partial charge in [0.25, 0.3) is 0 Å². The highest BCUT2D eigenvalue weighted by Gasteiger charge is 2.07. The molecule has 0 fully saturated rings. The van der Waals surface area contributed by atoms with Crippen LogP contribution in [-0.4, -0.2) is 15.8 Å². The van der Waals surface area contributed by atoms with Crippen molar-refractivity contribution in [3.63, 3.8) is 0 Å². The van der Waals surface area contributed by atoms with Crippen molar-refractivity contribution in [2.24, 2.45) is 0 Å². The number of Topliss-reactive ketones (excluding diaryl/α,β-unsaturated/α-hetero) is 1. The van der Waals surface area contributed by atoms with Gasteiger partial charge in [-0.05, 0) is 19.8 Å². The first-order valence-corrected chi connectivity index (χ1v) is 4.69. The number of carbonyl (C=O) groups excluding carboxylic acids is 1. The first-order valence-electron chi connectivity index (χ1n) is 4.69. The Kier molecular flexibility index (Phi) is 3.68. The van der Waals surface area contributed by atoms with E-state index in [0.717, 1.165) is 18.7 Å². The molecule has 1 heterocycles. The maximum Gasteiger partial charge on any atom is 0.129 e. The molecule has 1 rings (SSSR count). The number of ketones is 1. The lowest BCUT2D eigenvalue weighted by molar-refractivity contribution is -0.117. The molecule has 1 atom stereocenters. The first-order chi connectivity index (χ1) is 6.20. The zero-order valence-corrected chi connectivity index (χ0v) is 8.21. The largest absolute Gasteiger partial charge is 0.348 e. The van der Waals surface area contributed by atoms with Crippen LogP contribution in [0.2, 0.25) is 0 Å². The Labute approximate surface area is 78.6 Å². The summed E-state index contributed by atoms with van der Waals surface area (Å²) in [5.74, 6) is 1.71. The standard InChI is InChI=1S/C10H16N2O/c1-8(4-3-5-9(2)13)10-11-6-7-12-10/h6-8H,3-5H2,1-2H3,(H,11,12)/t8-/m0/s1. The maximum absolute atomic E-state index is 10.7. The summed E-state index contributed by atoms with van der Waals surface area (Å²) in [5, 5.41) is 0. The second kappa shape index (κ2) is 4.80. The van der Waals surface area contributed by atoms with Gasteiger partial charge in [0.2, 0.25) is 0 Å². The van der Waals surface area contributed by atoms with E-state index in [1.54, 1.807) is 13.1 Å². The van der Waals surface area contributed by atoms with Crippen molar-refractivity contribution in [3.05, 3.63) is 18.2 Å². The van der Waals surface area contributed by atoms with Gasteiger partial charge in [-0.25, -0.2) is 4.98 Å². The van der Waals surface area contributed by atoms with E-state index in [1.807, 2.05) is 6.20 Å². The Hall–Kier alpha value is -1.12. The van der Waals surface area contributed by atoms with Gasteiger partial charge in [0, 0.05) is 24.7 Å². The molecule has 13 heavy (non-hydrogen) atoms. The molecule has 1 aromatic heterocycles. The number of rotatable bonds is 5. The van der Waals surface area contributed by atoms with Crippen molar-refractivity contribution in [1.29, 1.82) is 0 Å². The van der Waals surface area contributed by atoms with E-state index in [4.69, 9.17) is 0 Å². The number of nitrogens with zero attached hydrogens (tertiary/aromatic N) is 1. The molecule has 0 amide bonds. The molecule has 3 nitrogen and oxygen atoms in total. The lowest BCUT2D eigenvalue weighted by atomic mass is 10.0. The molecule has 0 saturated heterocycles. The van der Waals surface area contributed by atoms with Crippen LogP contribution in [-0.2, 0) is 4.79 Å². The molecule has 0 bridgehead atoms. The summed E-state index contributed by atoms with van der Waals surface area (Å²) in [7, 11) is 0. The fourth-order valence-corrected chi connectivity index (χ4v) is 1.34. The van der Waals surface area contributed by atoms with Crippen molar-refractivity contribution < 1.29 is 4.79 Å². The number of imidazole rings is 1. The van der Waals surface area contributed by atoms with Crippen LogP contribution in [0.1, 0.15) is 44.9 Å². The second-order valence-electron chi connectivity index (χ2n) is 3.47. The fourth-order valence-electron chi connectivity index (χ4n) is 1.34. The highest BCUT2D eigenvalue weighted by Crippen LogP contribution is 2.17. The average Bonchev–Trinajstić information content (AvgIpc) is 2.55. The van der Waals surface area contributed by atoms with Crippen LogP contribution in [0.25, 0.3) is 0 Å². The van der Waals surface area contributed by atoms with E-state index < -0.39 is 0 Å². The highest BCUT2D eigenvalue weighted by molar-refractivity contribution is 5.75. The summed E-state index contributed by atoms with van der Waals surface area (Å²) in [6, 6.07) is 0. The molecular weight excluding hydrogens is 164 g/mol. The minimum atomic E-state index is 0.270. The molecule has 1 N–H and O–H groups in total. The maximum atomic E-state index is 10.7. The third-order valence-electron chi connectivity index (χ3n) is 2.15. The Morgan fingerprint density at radius 1 is 1.69 bits per heavy atom. The third kappa shape index (κ3) is 3.40. The first kappa shape index (κ1) is 9.96. The molecule has 1 aromatic rings. The van der Waals surface area contributed by atoms with Crippen LogP contribution in [0.5, 0.6) is 0 Å². The van der Waals surface area contributed by atoms with Crippen LogP contribution in [0.4, 0.5) is 0 Å². The lowest BCUT2D eigenvalue weighted by Gasteiger charge is -2.06. The van der Waals surface area contributed by atoms with Crippen molar-refractivity contribution >= 4 is 5.78 Å². The van der Waals surface area contributed by atoms with E-state index in [1.165, 1.54) is 0 Å². The lowest BCUT2D eigenvalue weighted by Crippen LogP contribution is -1.98. The molecule has 0 unspecified atom stereocenters. The minimum absolute atomic E-state index is 0.270. The van der Waals surface area contributed by atoms with Gasteiger partial charge in [-0.2, -0.15) is 0 Å². The Morgan fingerprint density at radius 3 is 3.00 bits per heavy atom. The monoisotopic (exact) mass is 180 g/mol. The number of aromatic nitrogens is 2. The van der Waals surface area contributed by atoms with Gasteiger partial charge in [0.1, 0.15) is 11.6 Å². The van der Waals surface area contributed by atoms with Crippen LogP contribution < -0.4 is 0 Å². The Morgan fingerprint density at radius 2 is 2.46 bits per heavy atom. The van der Waals surface area contributed by atoms with Crippen molar-refractivity contribution in [3.8, 4) is 0 Å². The van der Waals surface area contributed by atoms with Crippen LogP contribution >= 0.6 is 0 Å². The predicted octanol–water partition coefficient (Wildman–Crippen LogP) is 2.27. The van der Waals surface area contributed by atoms with Gasteiger partial charge in [0.15, 0.2) is 0 Å². The normalized spacial score (nSPS) is 12.8. The van der Waals surface area contributed by atoms with Crippen molar-refractivity contribution in [2.45, 2.75) is 39.0 Å². The summed E-state index contributed by atoms with van der Waals surface area (Å²) < 4.78 is 0. The van der Waals surface area contributed by atoms with E-state index in [-0.39, 0.29) is 5.78 Å². The number of H-pyrrole nitrogens is 1. The van der Waals surface area contributed by atoms with Crippen molar-refractivity contribution in [2.75, 3.05) is 0 Å². The van der Waals surface area contributed by atoms with E-state index in [9.17, 15) is 4.79 Å². The summed E-state index contributed by atoms with van der Waals surface area (Å²) >= 11 is 0. The molecule has 0 saturated carbocycles. The molecule has 3 heteroatoms. The SMILES string of the molecule is CC(=O)CCC[C@H](C)c1ncc[nH]1. The molecule has 72 valence electrons.